The van der Waals surface area contributed by atoms with Gasteiger partial charge in [-0.1, -0.05) is 18.2 Å². The Balaban J connectivity index is 1.67. The smallest absolute Gasteiger partial charge is 0.436 e. The summed E-state index contributed by atoms with van der Waals surface area (Å²) < 4.78 is 83.6. The number of carboxylic acid groups (broad SMARTS) is 1. The summed E-state index contributed by atoms with van der Waals surface area (Å²) in [6, 6.07) is 8.01. The standard InChI is InChI=1S/C27H26F6N4O4/c1-15(18-4-6-19(7-5-18)25(40)41)34-23(39)21-22(27(31,32)33)35-37-9-8-36(24(21)37)14-17-11-16(3-2-10-38)12-20(13-17)26(28,29)30/h4-7,11-13,15,38H,2-3,8-10,14H2,1H3,(H,34,39)(H,40,41). The average molecular weight is 585 g/mol. The van der Waals surface area contributed by atoms with E-state index in [9.17, 15) is 35.9 Å². The van der Waals surface area contributed by atoms with Crippen molar-refractivity contribution in [3.05, 3.63) is 81.5 Å². The number of nitrogens with zero attached hydrogens (tertiary/aromatic N) is 3. The van der Waals surface area contributed by atoms with Gasteiger partial charge in [-0.2, -0.15) is 31.4 Å². The number of carbonyl (C=O) groups excluding carboxylic acids is 1. The van der Waals surface area contributed by atoms with Gasteiger partial charge in [-0.3, -0.25) is 4.79 Å². The highest BCUT2D eigenvalue weighted by molar-refractivity contribution is 6.01. The second kappa shape index (κ2) is 11.4. The number of hydrogen-bond acceptors (Lipinski definition) is 5. The van der Waals surface area contributed by atoms with Crippen LogP contribution in [0.5, 0.6) is 0 Å². The molecule has 4 rings (SSSR count). The van der Waals surface area contributed by atoms with Gasteiger partial charge >= 0.3 is 18.3 Å². The van der Waals surface area contributed by atoms with E-state index < -0.39 is 47.1 Å². The minimum absolute atomic E-state index is 0.00848. The molecule has 0 fully saturated rings. The van der Waals surface area contributed by atoms with Gasteiger partial charge in [0.15, 0.2) is 5.69 Å². The SMILES string of the molecule is CC(NC(=O)c1c(C(F)(F)F)nn2c1N(Cc1cc(CCCO)cc(C(F)(F)F)c1)CC2)c1ccc(C(=O)O)cc1. The highest BCUT2D eigenvalue weighted by atomic mass is 19.4. The number of fused-ring (bicyclic) bond motifs is 1. The molecule has 3 aromatic rings. The van der Waals surface area contributed by atoms with Gasteiger partial charge in [-0.15, -0.1) is 0 Å². The molecule has 3 N–H and O–H groups in total. The molecular weight excluding hydrogens is 558 g/mol. The van der Waals surface area contributed by atoms with E-state index in [-0.39, 0.29) is 56.0 Å². The molecule has 220 valence electrons. The third kappa shape index (κ3) is 6.64. The van der Waals surface area contributed by atoms with Crippen LogP contribution >= 0.6 is 0 Å². The first-order valence-electron chi connectivity index (χ1n) is 12.6. The number of aromatic nitrogens is 2. The molecule has 0 saturated heterocycles. The Kier molecular flexibility index (Phi) is 8.34. The fourth-order valence-electron chi connectivity index (χ4n) is 4.75. The van der Waals surface area contributed by atoms with Crippen LogP contribution in [0.4, 0.5) is 32.2 Å². The van der Waals surface area contributed by atoms with Crippen LogP contribution < -0.4 is 10.2 Å². The number of aliphatic hydroxyl groups is 1. The fourth-order valence-corrected chi connectivity index (χ4v) is 4.75. The highest BCUT2D eigenvalue weighted by Gasteiger charge is 2.44. The Labute approximate surface area is 230 Å². The molecular formula is C27H26F6N4O4. The molecule has 1 aliphatic heterocycles. The number of aromatic carboxylic acids is 1. The Hall–Kier alpha value is -4.07. The Morgan fingerprint density at radius 2 is 1.66 bits per heavy atom. The van der Waals surface area contributed by atoms with E-state index in [0.29, 0.717) is 11.1 Å². The molecule has 0 saturated carbocycles. The molecule has 14 heteroatoms. The molecule has 0 aliphatic carbocycles. The topological polar surface area (TPSA) is 108 Å². The van der Waals surface area contributed by atoms with Crippen LogP contribution in [-0.4, -0.2) is 45.0 Å². The molecule has 1 unspecified atom stereocenters. The second-order valence-electron chi connectivity index (χ2n) is 9.68. The molecule has 1 aromatic heterocycles. The molecule has 41 heavy (non-hydrogen) atoms. The van der Waals surface area contributed by atoms with Gasteiger partial charge in [0.1, 0.15) is 11.4 Å². The van der Waals surface area contributed by atoms with Crippen molar-refractivity contribution < 1.29 is 46.1 Å². The monoisotopic (exact) mass is 584 g/mol. The summed E-state index contributed by atoms with van der Waals surface area (Å²) >= 11 is 0. The van der Waals surface area contributed by atoms with E-state index >= 15 is 0 Å². The molecule has 2 heterocycles. The first-order valence-corrected chi connectivity index (χ1v) is 12.6. The molecule has 1 atom stereocenters. The lowest BCUT2D eigenvalue weighted by atomic mass is 10.0. The van der Waals surface area contributed by atoms with E-state index in [2.05, 4.69) is 10.4 Å². The number of rotatable bonds is 9. The zero-order chi connectivity index (χ0) is 30.1. The maximum atomic E-state index is 14.0. The lowest BCUT2D eigenvalue weighted by molar-refractivity contribution is -0.142. The van der Waals surface area contributed by atoms with Gasteiger partial charge in [-0.05, 0) is 60.7 Å². The summed E-state index contributed by atoms with van der Waals surface area (Å²) in [5.74, 6) is -2.43. The number of benzene rings is 2. The predicted molar refractivity (Wildman–Crippen MR) is 134 cm³/mol. The van der Waals surface area contributed by atoms with Crippen molar-refractivity contribution in [3.8, 4) is 0 Å². The van der Waals surface area contributed by atoms with Crippen LogP contribution in [0.25, 0.3) is 0 Å². The summed E-state index contributed by atoms with van der Waals surface area (Å²) in [5, 5.41) is 24.3. The Morgan fingerprint density at radius 3 is 2.24 bits per heavy atom. The molecule has 0 radical (unpaired) electrons. The molecule has 1 aliphatic rings. The Morgan fingerprint density at radius 1 is 1.00 bits per heavy atom. The minimum Gasteiger partial charge on any atom is -0.478 e. The van der Waals surface area contributed by atoms with E-state index in [1.165, 1.54) is 42.2 Å². The van der Waals surface area contributed by atoms with Crippen molar-refractivity contribution >= 4 is 17.7 Å². The van der Waals surface area contributed by atoms with Crippen LogP contribution in [0.3, 0.4) is 0 Å². The van der Waals surface area contributed by atoms with Crippen molar-refractivity contribution in [1.82, 2.24) is 15.1 Å². The van der Waals surface area contributed by atoms with Crippen LogP contribution in [0.1, 0.15) is 68.1 Å². The molecule has 0 spiro atoms. The molecule has 0 bridgehead atoms. The van der Waals surface area contributed by atoms with Crippen LogP contribution in [-0.2, 0) is 31.9 Å². The molecule has 1 amide bonds. The van der Waals surface area contributed by atoms with E-state index in [4.69, 9.17) is 10.2 Å². The number of amides is 1. The maximum absolute atomic E-state index is 14.0. The third-order valence-corrected chi connectivity index (χ3v) is 6.68. The zero-order valence-corrected chi connectivity index (χ0v) is 21.7. The molecule has 2 aromatic carbocycles. The lowest BCUT2D eigenvalue weighted by Gasteiger charge is -2.22. The first-order chi connectivity index (χ1) is 19.2. The lowest BCUT2D eigenvalue weighted by Crippen LogP contribution is -2.31. The van der Waals surface area contributed by atoms with Gasteiger partial charge in [0.05, 0.1) is 23.7 Å². The van der Waals surface area contributed by atoms with Gasteiger partial charge in [0.25, 0.3) is 5.91 Å². The highest BCUT2D eigenvalue weighted by Crippen LogP contribution is 2.39. The summed E-state index contributed by atoms with van der Waals surface area (Å²) in [6.45, 7) is 1.16. The third-order valence-electron chi connectivity index (χ3n) is 6.68. The summed E-state index contributed by atoms with van der Waals surface area (Å²) in [4.78, 5) is 25.8. The minimum atomic E-state index is -4.99. The number of hydrogen-bond donors (Lipinski definition) is 3. The van der Waals surface area contributed by atoms with Crippen LogP contribution in [0, 0.1) is 0 Å². The number of alkyl halides is 6. The number of nitrogens with one attached hydrogen (secondary N) is 1. The summed E-state index contributed by atoms with van der Waals surface area (Å²) in [6.07, 6.45) is -9.25. The van der Waals surface area contributed by atoms with Gasteiger partial charge in [0, 0.05) is 19.7 Å². The quantitative estimate of drug-likeness (QED) is 0.304. The molecule has 8 nitrogen and oxygen atoms in total. The fraction of sp³-hybridized carbons (Fsp3) is 0.370. The van der Waals surface area contributed by atoms with Crippen molar-refractivity contribution in [3.63, 3.8) is 0 Å². The maximum Gasteiger partial charge on any atom is 0.436 e. The average Bonchev–Trinajstić information content (AvgIpc) is 3.47. The summed E-state index contributed by atoms with van der Waals surface area (Å²) in [7, 11) is 0. The van der Waals surface area contributed by atoms with Crippen LogP contribution in [0.2, 0.25) is 0 Å². The van der Waals surface area contributed by atoms with Crippen molar-refractivity contribution in [2.24, 2.45) is 0 Å². The predicted octanol–water partition coefficient (Wildman–Crippen LogP) is 5.06. The summed E-state index contributed by atoms with van der Waals surface area (Å²) in [5.41, 5.74) is -2.18. The number of carbonyl (C=O) groups is 2. The number of aryl methyl sites for hydroxylation is 1. The Bertz CT molecular complexity index is 1430. The number of halogens is 6. The number of anilines is 1. The van der Waals surface area contributed by atoms with Crippen molar-refractivity contribution in [1.29, 1.82) is 0 Å². The van der Waals surface area contributed by atoms with Crippen molar-refractivity contribution in [2.45, 2.75) is 51.2 Å². The zero-order valence-electron chi connectivity index (χ0n) is 21.7. The number of aliphatic hydroxyl groups excluding tert-OH is 1. The van der Waals surface area contributed by atoms with E-state index in [1.807, 2.05) is 0 Å². The van der Waals surface area contributed by atoms with Gasteiger partial charge in [0.2, 0.25) is 0 Å². The first kappa shape index (κ1) is 29.9. The largest absolute Gasteiger partial charge is 0.478 e. The van der Waals surface area contributed by atoms with E-state index in [0.717, 1.165) is 16.8 Å². The van der Waals surface area contributed by atoms with E-state index in [1.54, 1.807) is 0 Å². The normalized spacial score (nSPS) is 14.2. The van der Waals surface area contributed by atoms with Gasteiger partial charge < -0.3 is 20.4 Å². The van der Waals surface area contributed by atoms with Crippen molar-refractivity contribution in [2.75, 3.05) is 18.1 Å². The number of carboxylic acids is 1. The van der Waals surface area contributed by atoms with Crippen LogP contribution in [0.15, 0.2) is 42.5 Å². The second-order valence-corrected chi connectivity index (χ2v) is 9.68. The van der Waals surface area contributed by atoms with Gasteiger partial charge in [-0.25, -0.2) is 9.48 Å².